The van der Waals surface area contributed by atoms with Gasteiger partial charge in [-0.15, -0.1) is 0 Å². The molecule has 2 N–H and O–H groups in total. The number of ether oxygens (including phenoxy) is 1. The highest BCUT2D eigenvalue weighted by atomic mass is 32.2. The van der Waals surface area contributed by atoms with Crippen LogP contribution in [0.25, 0.3) is 0 Å². The number of nitrogens with zero attached hydrogens (tertiary/aromatic N) is 1. The maximum absolute atomic E-state index is 12.4. The van der Waals surface area contributed by atoms with E-state index >= 15 is 0 Å². The summed E-state index contributed by atoms with van der Waals surface area (Å²) in [4.78, 5) is 23.9. The molecule has 25 heavy (non-hydrogen) atoms. The van der Waals surface area contributed by atoms with Crippen molar-refractivity contribution >= 4 is 21.9 Å². The second-order valence-corrected chi connectivity index (χ2v) is 7.97. The molecule has 138 valence electrons. The lowest BCUT2D eigenvalue weighted by Gasteiger charge is -2.30. The van der Waals surface area contributed by atoms with Gasteiger partial charge in [-0.1, -0.05) is 12.1 Å². The van der Waals surface area contributed by atoms with Gasteiger partial charge >= 0.3 is 5.97 Å². The molecule has 0 spiro atoms. The largest absolute Gasteiger partial charge is 0.497 e. The first-order valence-corrected chi connectivity index (χ1v) is 9.69. The lowest BCUT2D eigenvalue weighted by atomic mass is 9.96. The number of hydrogen-bond donors (Lipinski definition) is 2. The number of nitrogens with one attached hydrogen (secondary N) is 1. The number of hydrogen-bond acceptors (Lipinski definition) is 5. The summed E-state index contributed by atoms with van der Waals surface area (Å²) in [7, 11) is -1.76. The van der Waals surface area contributed by atoms with Crippen molar-refractivity contribution in [2.24, 2.45) is 5.92 Å². The number of benzene rings is 1. The second-order valence-electron chi connectivity index (χ2n) is 5.99. The first-order valence-electron chi connectivity index (χ1n) is 7.84. The molecule has 1 aromatic rings. The average molecular weight is 370 g/mol. The Morgan fingerprint density at radius 2 is 1.80 bits per heavy atom. The van der Waals surface area contributed by atoms with Gasteiger partial charge in [0.2, 0.25) is 15.9 Å². The van der Waals surface area contributed by atoms with E-state index in [1.54, 1.807) is 24.3 Å². The van der Waals surface area contributed by atoms with Gasteiger partial charge in [0.05, 0.1) is 13.4 Å². The Labute approximate surface area is 146 Å². The predicted molar refractivity (Wildman–Crippen MR) is 90.7 cm³/mol. The number of aliphatic carboxylic acids is 1. The molecule has 1 atom stereocenters. The van der Waals surface area contributed by atoms with Gasteiger partial charge in [0.15, 0.2) is 6.04 Å². The number of sulfonamides is 1. The van der Waals surface area contributed by atoms with Crippen LogP contribution in [0.5, 0.6) is 5.75 Å². The molecule has 0 radical (unpaired) electrons. The van der Waals surface area contributed by atoms with Crippen LogP contribution in [-0.2, 0) is 19.6 Å². The van der Waals surface area contributed by atoms with Crippen molar-refractivity contribution in [1.82, 2.24) is 9.62 Å². The van der Waals surface area contributed by atoms with Gasteiger partial charge in [-0.3, -0.25) is 4.79 Å². The molecule has 0 saturated carbocycles. The molecule has 8 nitrogen and oxygen atoms in total. The van der Waals surface area contributed by atoms with E-state index in [1.165, 1.54) is 11.4 Å². The fraction of sp³-hybridized carbons (Fsp3) is 0.500. The minimum Gasteiger partial charge on any atom is -0.497 e. The van der Waals surface area contributed by atoms with E-state index in [-0.39, 0.29) is 19.0 Å². The van der Waals surface area contributed by atoms with Crippen LogP contribution in [0.2, 0.25) is 0 Å². The first-order chi connectivity index (χ1) is 11.7. The van der Waals surface area contributed by atoms with Gasteiger partial charge in [0, 0.05) is 19.0 Å². The standard InChI is InChI=1S/C16H22N2O6S/c1-24-13-5-3-11(4-6-13)14(16(20)21)17-15(19)12-7-9-18(10-8-12)25(2,22)23/h3-6,12,14H,7-10H2,1-2H3,(H,17,19)(H,20,21). The van der Waals surface area contributed by atoms with E-state index in [9.17, 15) is 23.1 Å². The van der Waals surface area contributed by atoms with Crippen LogP contribution in [0, 0.1) is 5.92 Å². The minimum absolute atomic E-state index is 0.261. The normalized spacial score (nSPS) is 17.7. The van der Waals surface area contributed by atoms with Gasteiger partial charge < -0.3 is 15.2 Å². The predicted octanol–water partition coefficient (Wildman–Crippen LogP) is 0.609. The first kappa shape index (κ1) is 19.2. The average Bonchev–Trinajstić information content (AvgIpc) is 2.58. The van der Waals surface area contributed by atoms with Crippen LogP contribution in [0.3, 0.4) is 0 Å². The second kappa shape index (κ2) is 7.83. The number of rotatable bonds is 6. The lowest BCUT2D eigenvalue weighted by molar-refractivity contribution is -0.142. The van der Waals surface area contributed by atoms with Crippen LogP contribution in [0.4, 0.5) is 0 Å². The smallest absolute Gasteiger partial charge is 0.330 e. The summed E-state index contributed by atoms with van der Waals surface area (Å²) in [6, 6.07) is 5.27. The summed E-state index contributed by atoms with van der Waals surface area (Å²) < 4.78 is 29.4. The molecule has 0 aliphatic carbocycles. The van der Waals surface area contributed by atoms with Crippen molar-refractivity contribution in [3.63, 3.8) is 0 Å². The molecule has 1 heterocycles. The van der Waals surface area contributed by atoms with E-state index in [0.717, 1.165) is 6.26 Å². The number of piperidine rings is 1. The van der Waals surface area contributed by atoms with Crippen molar-refractivity contribution in [2.75, 3.05) is 26.5 Å². The lowest BCUT2D eigenvalue weighted by Crippen LogP contribution is -2.44. The SMILES string of the molecule is COc1ccc(C(NC(=O)C2CCN(S(C)(=O)=O)CC2)C(=O)O)cc1. The maximum atomic E-state index is 12.4. The zero-order valence-electron chi connectivity index (χ0n) is 14.1. The van der Waals surface area contributed by atoms with Crippen molar-refractivity contribution in [1.29, 1.82) is 0 Å². The number of carboxylic acid groups (broad SMARTS) is 1. The Morgan fingerprint density at radius 1 is 1.24 bits per heavy atom. The van der Waals surface area contributed by atoms with Crippen molar-refractivity contribution in [3.05, 3.63) is 29.8 Å². The van der Waals surface area contributed by atoms with Gasteiger partial charge in [-0.25, -0.2) is 17.5 Å². The van der Waals surface area contributed by atoms with Gasteiger partial charge in [-0.2, -0.15) is 0 Å². The van der Waals surface area contributed by atoms with E-state index in [2.05, 4.69) is 5.32 Å². The van der Waals surface area contributed by atoms with Gasteiger partial charge in [0.1, 0.15) is 5.75 Å². The monoisotopic (exact) mass is 370 g/mol. The molecule has 1 aliphatic rings. The van der Waals surface area contributed by atoms with Gasteiger partial charge in [-0.05, 0) is 30.5 Å². The summed E-state index contributed by atoms with van der Waals surface area (Å²) in [6.07, 6.45) is 1.87. The molecule has 1 amide bonds. The number of carbonyl (C=O) groups excluding carboxylic acids is 1. The Hall–Kier alpha value is -2.13. The fourth-order valence-electron chi connectivity index (χ4n) is 2.79. The molecular weight excluding hydrogens is 348 g/mol. The molecule has 0 bridgehead atoms. The molecule has 0 aromatic heterocycles. The molecule has 9 heteroatoms. The van der Waals surface area contributed by atoms with Crippen LogP contribution in [-0.4, -0.2) is 56.2 Å². The zero-order chi connectivity index (χ0) is 18.6. The Kier molecular flexibility index (Phi) is 6.02. The van der Waals surface area contributed by atoms with Crippen molar-refractivity contribution in [3.8, 4) is 5.75 Å². The highest BCUT2D eigenvalue weighted by molar-refractivity contribution is 7.88. The quantitative estimate of drug-likeness (QED) is 0.758. The van der Waals surface area contributed by atoms with Crippen LogP contribution in [0.1, 0.15) is 24.4 Å². The molecule has 1 aliphatic heterocycles. The molecule has 1 aromatic carbocycles. The van der Waals surface area contributed by atoms with Crippen molar-refractivity contribution < 1.29 is 27.9 Å². The minimum atomic E-state index is -3.27. The fourth-order valence-corrected chi connectivity index (χ4v) is 3.67. The van der Waals surface area contributed by atoms with E-state index in [0.29, 0.717) is 24.2 Å². The number of carboxylic acids is 1. The van der Waals surface area contributed by atoms with Crippen molar-refractivity contribution in [2.45, 2.75) is 18.9 Å². The molecule has 1 saturated heterocycles. The van der Waals surface area contributed by atoms with E-state index in [4.69, 9.17) is 4.74 Å². The molecule has 2 rings (SSSR count). The third kappa shape index (κ3) is 4.93. The number of methoxy groups -OCH3 is 1. The van der Waals surface area contributed by atoms with Crippen LogP contribution in [0.15, 0.2) is 24.3 Å². The Morgan fingerprint density at radius 3 is 2.24 bits per heavy atom. The third-order valence-corrected chi connectivity index (χ3v) is 5.58. The maximum Gasteiger partial charge on any atom is 0.330 e. The van der Waals surface area contributed by atoms with Crippen LogP contribution >= 0.6 is 0 Å². The zero-order valence-corrected chi connectivity index (χ0v) is 15.0. The third-order valence-electron chi connectivity index (χ3n) is 4.28. The summed E-state index contributed by atoms with van der Waals surface area (Å²) in [5.74, 6) is -1.35. The summed E-state index contributed by atoms with van der Waals surface area (Å²) in [5.41, 5.74) is 0.440. The topological polar surface area (TPSA) is 113 Å². The summed E-state index contributed by atoms with van der Waals surface area (Å²) in [6.45, 7) is 0.522. The number of amides is 1. The van der Waals surface area contributed by atoms with E-state index < -0.39 is 28.0 Å². The molecular formula is C16H22N2O6S. The van der Waals surface area contributed by atoms with Gasteiger partial charge in [0.25, 0.3) is 0 Å². The Balaban J connectivity index is 2.02. The molecule has 1 fully saturated rings. The summed E-state index contributed by atoms with van der Waals surface area (Å²) >= 11 is 0. The molecule has 1 unspecified atom stereocenters. The number of carbonyl (C=O) groups is 2. The summed E-state index contributed by atoms with van der Waals surface area (Å²) in [5, 5.41) is 12.0. The van der Waals surface area contributed by atoms with Crippen LogP contribution < -0.4 is 10.1 Å². The van der Waals surface area contributed by atoms with E-state index in [1.807, 2.05) is 0 Å². The highest BCUT2D eigenvalue weighted by Crippen LogP contribution is 2.22. The highest BCUT2D eigenvalue weighted by Gasteiger charge is 2.31. The Bertz CT molecular complexity index is 723.